The number of ether oxygens (including phenoxy) is 1. The smallest absolute Gasteiger partial charge is 0.310 e. The van der Waals surface area contributed by atoms with E-state index in [4.69, 9.17) is 4.74 Å². The van der Waals surface area contributed by atoms with Gasteiger partial charge in [-0.05, 0) is 31.2 Å². The van der Waals surface area contributed by atoms with Gasteiger partial charge in [-0.1, -0.05) is 12.1 Å². The number of aryl methyl sites for hydroxylation is 1. The summed E-state index contributed by atoms with van der Waals surface area (Å²) in [6.07, 6.45) is 3.09. The van der Waals surface area contributed by atoms with Crippen LogP contribution in [0.4, 0.5) is 0 Å². The molecule has 0 spiro atoms. The molecule has 7 nitrogen and oxygen atoms in total. The maximum Gasteiger partial charge on any atom is 0.310 e. The monoisotopic (exact) mass is 336 g/mol. The van der Waals surface area contributed by atoms with Gasteiger partial charge in [-0.15, -0.1) is 0 Å². The molecule has 1 N–H and O–H groups in total. The van der Waals surface area contributed by atoms with Crippen molar-refractivity contribution in [1.29, 1.82) is 0 Å². The largest absolute Gasteiger partial charge is 0.459 e. The van der Waals surface area contributed by atoms with Crippen LogP contribution in [0.15, 0.2) is 53.6 Å². The molecule has 0 saturated heterocycles. The van der Waals surface area contributed by atoms with Crippen LogP contribution in [0, 0.1) is 6.92 Å². The molecule has 3 heterocycles. The molecule has 0 aliphatic carbocycles. The minimum absolute atomic E-state index is 0.0655. The normalized spacial score (nSPS) is 10.4. The van der Waals surface area contributed by atoms with Gasteiger partial charge in [0.25, 0.3) is 5.56 Å². The number of H-pyrrole nitrogens is 1. The number of pyridine rings is 2. The lowest BCUT2D eigenvalue weighted by molar-refractivity contribution is -0.144. The van der Waals surface area contributed by atoms with E-state index in [1.807, 2.05) is 6.07 Å². The van der Waals surface area contributed by atoms with Gasteiger partial charge in [0.1, 0.15) is 12.3 Å². The Bertz CT molecular complexity index is 924. The first-order chi connectivity index (χ1) is 12.1. The first-order valence-corrected chi connectivity index (χ1v) is 7.70. The molecular formula is C18H16N4O3. The number of carbonyl (C=O) groups is 1. The molecule has 0 atom stereocenters. The lowest BCUT2D eigenvalue weighted by Crippen LogP contribution is -2.21. The van der Waals surface area contributed by atoms with Crippen molar-refractivity contribution in [2.24, 2.45) is 0 Å². The van der Waals surface area contributed by atoms with Crippen molar-refractivity contribution in [3.05, 3.63) is 76.1 Å². The second-order valence-corrected chi connectivity index (χ2v) is 5.35. The summed E-state index contributed by atoms with van der Waals surface area (Å²) >= 11 is 0. The van der Waals surface area contributed by atoms with Crippen LogP contribution >= 0.6 is 0 Å². The number of esters is 1. The van der Waals surface area contributed by atoms with Gasteiger partial charge in [0.15, 0.2) is 5.82 Å². The highest BCUT2D eigenvalue weighted by Crippen LogP contribution is 2.11. The molecule has 126 valence electrons. The molecule has 0 fully saturated rings. The van der Waals surface area contributed by atoms with Crippen molar-refractivity contribution in [3.63, 3.8) is 0 Å². The Morgan fingerprint density at radius 2 is 1.88 bits per heavy atom. The third-order valence-electron chi connectivity index (χ3n) is 3.56. The van der Waals surface area contributed by atoms with Crippen LogP contribution in [-0.2, 0) is 22.6 Å². The molecule has 0 unspecified atom stereocenters. The van der Waals surface area contributed by atoms with Crippen molar-refractivity contribution < 1.29 is 9.53 Å². The zero-order valence-corrected chi connectivity index (χ0v) is 13.6. The van der Waals surface area contributed by atoms with E-state index in [1.54, 1.807) is 49.6 Å². The van der Waals surface area contributed by atoms with Crippen LogP contribution in [0.25, 0.3) is 11.5 Å². The average molecular weight is 336 g/mol. The van der Waals surface area contributed by atoms with Gasteiger partial charge in [0.2, 0.25) is 0 Å². The number of aromatic nitrogens is 4. The van der Waals surface area contributed by atoms with E-state index in [0.29, 0.717) is 22.9 Å². The standard InChI is InChI=1S/C18H16N4O3/c1-12-14(10-16(23)25-11-13-6-2-4-8-19-13)18(24)22-17(21-12)15-7-3-5-9-20-15/h2-9H,10-11H2,1H3,(H,21,22,24). The Hall–Kier alpha value is -3.35. The van der Waals surface area contributed by atoms with Crippen LogP contribution < -0.4 is 5.56 Å². The van der Waals surface area contributed by atoms with E-state index in [2.05, 4.69) is 19.9 Å². The second-order valence-electron chi connectivity index (χ2n) is 5.35. The van der Waals surface area contributed by atoms with Gasteiger partial charge in [0, 0.05) is 23.7 Å². The van der Waals surface area contributed by atoms with Crippen LogP contribution in [-0.4, -0.2) is 25.9 Å². The zero-order chi connectivity index (χ0) is 17.6. The van der Waals surface area contributed by atoms with Gasteiger partial charge in [-0.3, -0.25) is 19.6 Å². The van der Waals surface area contributed by atoms with Crippen LogP contribution in [0.2, 0.25) is 0 Å². The highest BCUT2D eigenvalue weighted by molar-refractivity contribution is 5.72. The SMILES string of the molecule is Cc1nc(-c2ccccn2)[nH]c(=O)c1CC(=O)OCc1ccccn1. The van der Waals surface area contributed by atoms with E-state index in [1.165, 1.54) is 0 Å². The molecule has 0 amide bonds. The molecule has 3 aromatic heterocycles. The van der Waals surface area contributed by atoms with Crippen LogP contribution in [0.1, 0.15) is 17.0 Å². The molecule has 7 heteroatoms. The van der Waals surface area contributed by atoms with Gasteiger partial charge < -0.3 is 9.72 Å². The highest BCUT2D eigenvalue weighted by atomic mass is 16.5. The molecule has 0 aliphatic heterocycles. The maximum absolute atomic E-state index is 12.3. The third-order valence-corrected chi connectivity index (χ3v) is 3.56. The van der Waals surface area contributed by atoms with Crippen molar-refractivity contribution in [3.8, 4) is 11.5 Å². The minimum atomic E-state index is -0.508. The van der Waals surface area contributed by atoms with E-state index in [-0.39, 0.29) is 24.2 Å². The molecule has 0 radical (unpaired) electrons. The quantitative estimate of drug-likeness (QED) is 0.714. The number of nitrogens with zero attached hydrogens (tertiary/aromatic N) is 3. The maximum atomic E-state index is 12.3. The lowest BCUT2D eigenvalue weighted by Gasteiger charge is -2.07. The molecule has 0 aromatic carbocycles. The highest BCUT2D eigenvalue weighted by Gasteiger charge is 2.15. The summed E-state index contributed by atoms with van der Waals surface area (Å²) in [7, 11) is 0. The predicted octanol–water partition coefficient (Wildman–Crippen LogP) is 1.82. The second kappa shape index (κ2) is 7.48. The summed E-state index contributed by atoms with van der Waals surface area (Å²) in [5.74, 6) is -0.139. The Morgan fingerprint density at radius 3 is 2.52 bits per heavy atom. The van der Waals surface area contributed by atoms with Gasteiger partial charge in [-0.25, -0.2) is 4.98 Å². The van der Waals surface area contributed by atoms with Crippen molar-refractivity contribution in [2.75, 3.05) is 0 Å². The summed E-state index contributed by atoms with van der Waals surface area (Å²) in [6, 6.07) is 10.7. The van der Waals surface area contributed by atoms with Crippen molar-refractivity contribution >= 4 is 5.97 Å². The van der Waals surface area contributed by atoms with Crippen molar-refractivity contribution in [1.82, 2.24) is 19.9 Å². The summed E-state index contributed by atoms with van der Waals surface area (Å²) < 4.78 is 5.16. The Balaban J connectivity index is 1.72. The zero-order valence-electron chi connectivity index (χ0n) is 13.6. The molecule has 0 bridgehead atoms. The Kier molecular flexibility index (Phi) is 4.94. The fourth-order valence-corrected chi connectivity index (χ4v) is 2.28. The number of aromatic amines is 1. The lowest BCUT2D eigenvalue weighted by atomic mass is 10.1. The summed E-state index contributed by atoms with van der Waals surface area (Å²) in [5, 5.41) is 0. The van der Waals surface area contributed by atoms with Gasteiger partial charge >= 0.3 is 5.97 Å². The summed E-state index contributed by atoms with van der Waals surface area (Å²) in [4.78, 5) is 39.5. The predicted molar refractivity (Wildman–Crippen MR) is 90.6 cm³/mol. The minimum Gasteiger partial charge on any atom is -0.459 e. The Labute approximate surface area is 143 Å². The van der Waals surface area contributed by atoms with Crippen LogP contribution in [0.5, 0.6) is 0 Å². The van der Waals surface area contributed by atoms with E-state index >= 15 is 0 Å². The number of hydrogen-bond acceptors (Lipinski definition) is 6. The molecule has 25 heavy (non-hydrogen) atoms. The number of nitrogens with one attached hydrogen (secondary N) is 1. The summed E-state index contributed by atoms with van der Waals surface area (Å²) in [6.45, 7) is 1.75. The molecule has 3 rings (SSSR count). The fraction of sp³-hybridized carbons (Fsp3) is 0.167. The van der Waals surface area contributed by atoms with Crippen LogP contribution in [0.3, 0.4) is 0 Å². The number of rotatable bonds is 5. The summed E-state index contributed by atoms with van der Waals surface area (Å²) in [5.41, 5.74) is 1.59. The van der Waals surface area contributed by atoms with Gasteiger partial charge in [-0.2, -0.15) is 0 Å². The van der Waals surface area contributed by atoms with Gasteiger partial charge in [0.05, 0.1) is 12.1 Å². The van der Waals surface area contributed by atoms with E-state index in [9.17, 15) is 9.59 Å². The molecular weight excluding hydrogens is 320 g/mol. The Morgan fingerprint density at radius 1 is 1.12 bits per heavy atom. The fourth-order valence-electron chi connectivity index (χ4n) is 2.28. The first kappa shape index (κ1) is 16.5. The van der Waals surface area contributed by atoms with E-state index < -0.39 is 5.97 Å². The van der Waals surface area contributed by atoms with Crippen molar-refractivity contribution in [2.45, 2.75) is 20.0 Å². The third kappa shape index (κ3) is 4.14. The molecule has 0 aliphatic rings. The number of carbonyl (C=O) groups excluding carboxylic acids is 1. The first-order valence-electron chi connectivity index (χ1n) is 7.70. The number of hydrogen-bond donors (Lipinski definition) is 1. The average Bonchev–Trinajstić information content (AvgIpc) is 2.64. The molecule has 3 aromatic rings. The van der Waals surface area contributed by atoms with E-state index in [0.717, 1.165) is 0 Å². The molecule has 0 saturated carbocycles. The topological polar surface area (TPSA) is 97.8 Å².